The molecule has 5 heteroatoms. The molecule has 0 fully saturated rings. The Morgan fingerprint density at radius 3 is 2.85 bits per heavy atom. The SMILES string of the molecule is CNC(CSc1ccccc1Cl)Cc1cncc(Br)c1. The van der Waals surface area contributed by atoms with E-state index in [9.17, 15) is 0 Å². The van der Waals surface area contributed by atoms with Crippen LogP contribution in [0.25, 0.3) is 0 Å². The Labute approximate surface area is 137 Å². The van der Waals surface area contributed by atoms with Gasteiger partial charge in [-0.1, -0.05) is 23.7 Å². The van der Waals surface area contributed by atoms with Gasteiger partial charge < -0.3 is 5.32 Å². The molecule has 2 aromatic rings. The van der Waals surface area contributed by atoms with Crippen LogP contribution in [-0.2, 0) is 6.42 Å². The number of benzene rings is 1. The molecular weight excluding hydrogens is 356 g/mol. The van der Waals surface area contributed by atoms with E-state index in [0.29, 0.717) is 6.04 Å². The van der Waals surface area contributed by atoms with Crippen LogP contribution in [0.2, 0.25) is 5.02 Å². The summed E-state index contributed by atoms with van der Waals surface area (Å²) in [6, 6.07) is 10.4. The third-order valence-electron chi connectivity index (χ3n) is 2.93. The lowest BCUT2D eigenvalue weighted by molar-refractivity contribution is 0.616. The number of hydrogen-bond donors (Lipinski definition) is 1. The van der Waals surface area contributed by atoms with E-state index in [1.807, 2.05) is 31.4 Å². The maximum Gasteiger partial charge on any atom is 0.0541 e. The maximum absolute atomic E-state index is 6.17. The highest BCUT2D eigenvalue weighted by atomic mass is 79.9. The number of aromatic nitrogens is 1. The van der Waals surface area contributed by atoms with Crippen LogP contribution in [-0.4, -0.2) is 23.8 Å². The summed E-state index contributed by atoms with van der Waals surface area (Å²) in [5.41, 5.74) is 1.22. The quantitative estimate of drug-likeness (QED) is 0.761. The van der Waals surface area contributed by atoms with E-state index in [1.54, 1.807) is 18.0 Å². The molecule has 106 valence electrons. The molecule has 0 amide bonds. The van der Waals surface area contributed by atoms with Crippen molar-refractivity contribution in [2.45, 2.75) is 17.4 Å². The fourth-order valence-electron chi connectivity index (χ4n) is 1.85. The number of halogens is 2. The van der Waals surface area contributed by atoms with Gasteiger partial charge in [-0.15, -0.1) is 11.8 Å². The number of rotatable bonds is 6. The number of nitrogens with one attached hydrogen (secondary N) is 1. The van der Waals surface area contributed by atoms with E-state index in [0.717, 1.165) is 26.6 Å². The van der Waals surface area contributed by atoms with Gasteiger partial charge in [0.2, 0.25) is 0 Å². The van der Waals surface area contributed by atoms with Gasteiger partial charge in [-0.3, -0.25) is 4.98 Å². The summed E-state index contributed by atoms with van der Waals surface area (Å²) in [6.07, 6.45) is 4.66. The number of thioether (sulfide) groups is 1. The fourth-order valence-corrected chi connectivity index (χ4v) is 3.61. The molecule has 1 heterocycles. The standard InChI is InChI=1S/C15H16BrClN2S/c1-18-13(7-11-6-12(16)9-19-8-11)10-20-15-5-3-2-4-14(15)17/h2-6,8-9,13,18H,7,10H2,1H3. The Morgan fingerprint density at radius 2 is 2.15 bits per heavy atom. The highest BCUT2D eigenvalue weighted by molar-refractivity contribution is 9.10. The van der Waals surface area contributed by atoms with Crippen molar-refractivity contribution in [1.29, 1.82) is 0 Å². The van der Waals surface area contributed by atoms with Crippen LogP contribution in [0.15, 0.2) is 52.1 Å². The zero-order chi connectivity index (χ0) is 14.4. The van der Waals surface area contributed by atoms with Crippen LogP contribution < -0.4 is 5.32 Å². The first-order valence-electron chi connectivity index (χ1n) is 6.33. The topological polar surface area (TPSA) is 24.9 Å². The molecule has 0 radical (unpaired) electrons. The summed E-state index contributed by atoms with van der Waals surface area (Å²) in [6.45, 7) is 0. The first kappa shape index (κ1) is 15.8. The molecule has 1 aromatic carbocycles. The van der Waals surface area contributed by atoms with Crippen LogP contribution in [0.3, 0.4) is 0 Å². The lowest BCUT2D eigenvalue weighted by atomic mass is 10.1. The minimum Gasteiger partial charge on any atom is -0.316 e. The predicted octanol–water partition coefficient (Wildman–Crippen LogP) is 4.42. The first-order chi connectivity index (χ1) is 9.69. The van der Waals surface area contributed by atoms with Crippen molar-refractivity contribution in [3.05, 3.63) is 57.8 Å². The van der Waals surface area contributed by atoms with Crippen molar-refractivity contribution in [3.63, 3.8) is 0 Å². The molecule has 1 atom stereocenters. The van der Waals surface area contributed by atoms with Gasteiger partial charge in [-0.25, -0.2) is 0 Å². The smallest absolute Gasteiger partial charge is 0.0541 e. The Balaban J connectivity index is 1.94. The molecule has 1 aromatic heterocycles. The average Bonchev–Trinajstić information content (AvgIpc) is 2.45. The fraction of sp³-hybridized carbons (Fsp3) is 0.267. The van der Waals surface area contributed by atoms with Crippen LogP contribution in [0.4, 0.5) is 0 Å². The molecule has 1 unspecified atom stereocenters. The van der Waals surface area contributed by atoms with Crippen molar-refractivity contribution in [2.24, 2.45) is 0 Å². The van der Waals surface area contributed by atoms with E-state index < -0.39 is 0 Å². The molecule has 0 aliphatic rings. The Bertz CT molecular complexity index is 565. The molecule has 1 N–H and O–H groups in total. The molecule has 0 bridgehead atoms. The van der Waals surface area contributed by atoms with E-state index in [2.05, 4.69) is 38.4 Å². The van der Waals surface area contributed by atoms with Gasteiger partial charge in [-0.2, -0.15) is 0 Å². The van der Waals surface area contributed by atoms with Gasteiger partial charge in [0.1, 0.15) is 0 Å². The van der Waals surface area contributed by atoms with E-state index in [-0.39, 0.29) is 0 Å². The Hall–Kier alpha value is -0.550. The number of nitrogens with zero attached hydrogens (tertiary/aromatic N) is 1. The summed E-state index contributed by atoms with van der Waals surface area (Å²) < 4.78 is 1.02. The minimum atomic E-state index is 0.382. The summed E-state index contributed by atoms with van der Waals surface area (Å²) in [7, 11) is 1.99. The summed E-state index contributed by atoms with van der Waals surface area (Å²) in [5.74, 6) is 0.965. The summed E-state index contributed by atoms with van der Waals surface area (Å²) in [4.78, 5) is 5.33. The van der Waals surface area contributed by atoms with Gasteiger partial charge in [0, 0.05) is 33.6 Å². The van der Waals surface area contributed by atoms with Crippen molar-refractivity contribution < 1.29 is 0 Å². The number of hydrogen-bond acceptors (Lipinski definition) is 3. The van der Waals surface area contributed by atoms with Gasteiger partial charge in [-0.05, 0) is 53.2 Å². The van der Waals surface area contributed by atoms with Crippen molar-refractivity contribution in [3.8, 4) is 0 Å². The second-order valence-corrected chi connectivity index (χ2v) is 6.83. The van der Waals surface area contributed by atoms with E-state index in [1.165, 1.54) is 5.56 Å². The first-order valence-corrected chi connectivity index (χ1v) is 8.48. The van der Waals surface area contributed by atoms with E-state index in [4.69, 9.17) is 11.6 Å². The Kier molecular flexibility index (Phi) is 6.36. The Morgan fingerprint density at radius 1 is 1.35 bits per heavy atom. The van der Waals surface area contributed by atoms with Gasteiger partial charge >= 0.3 is 0 Å². The normalized spacial score (nSPS) is 12.3. The predicted molar refractivity (Wildman–Crippen MR) is 90.7 cm³/mol. The molecule has 0 saturated carbocycles. The third kappa shape index (κ3) is 4.77. The van der Waals surface area contributed by atoms with Crippen LogP contribution in [0, 0.1) is 0 Å². The number of likely N-dealkylation sites (N-methyl/N-ethyl adjacent to an activating group) is 1. The van der Waals surface area contributed by atoms with Crippen LogP contribution >= 0.6 is 39.3 Å². The monoisotopic (exact) mass is 370 g/mol. The average molecular weight is 372 g/mol. The molecule has 20 heavy (non-hydrogen) atoms. The number of pyridine rings is 1. The molecular formula is C15H16BrClN2S. The van der Waals surface area contributed by atoms with Gasteiger partial charge in [0.25, 0.3) is 0 Å². The molecule has 2 rings (SSSR count). The van der Waals surface area contributed by atoms with E-state index >= 15 is 0 Å². The lowest BCUT2D eigenvalue weighted by Gasteiger charge is -2.16. The zero-order valence-corrected chi connectivity index (χ0v) is 14.3. The third-order valence-corrected chi connectivity index (χ3v) is 5.04. The largest absolute Gasteiger partial charge is 0.316 e. The highest BCUT2D eigenvalue weighted by Crippen LogP contribution is 2.27. The molecule has 0 aliphatic heterocycles. The second kappa shape index (κ2) is 8.03. The van der Waals surface area contributed by atoms with Gasteiger partial charge in [0.15, 0.2) is 0 Å². The second-order valence-electron chi connectivity index (χ2n) is 4.44. The molecule has 0 aliphatic carbocycles. The van der Waals surface area contributed by atoms with Crippen molar-refractivity contribution in [1.82, 2.24) is 10.3 Å². The maximum atomic E-state index is 6.17. The minimum absolute atomic E-state index is 0.382. The molecule has 0 saturated heterocycles. The lowest BCUT2D eigenvalue weighted by Crippen LogP contribution is -2.30. The summed E-state index contributed by atoms with van der Waals surface area (Å²) in [5, 5.41) is 4.17. The molecule has 2 nitrogen and oxygen atoms in total. The van der Waals surface area contributed by atoms with Crippen molar-refractivity contribution in [2.75, 3.05) is 12.8 Å². The van der Waals surface area contributed by atoms with Gasteiger partial charge in [0.05, 0.1) is 5.02 Å². The highest BCUT2D eigenvalue weighted by Gasteiger charge is 2.10. The van der Waals surface area contributed by atoms with Crippen LogP contribution in [0.1, 0.15) is 5.56 Å². The van der Waals surface area contributed by atoms with Crippen LogP contribution in [0.5, 0.6) is 0 Å². The van der Waals surface area contributed by atoms with Crippen molar-refractivity contribution >= 4 is 39.3 Å². The summed E-state index contributed by atoms with van der Waals surface area (Å²) >= 11 is 11.4. The molecule has 0 spiro atoms. The zero-order valence-electron chi connectivity index (χ0n) is 11.1.